The summed E-state index contributed by atoms with van der Waals surface area (Å²) in [6.07, 6.45) is 9.45. The van der Waals surface area contributed by atoms with Crippen LogP contribution in [0, 0.1) is 11.8 Å². The van der Waals surface area contributed by atoms with Gasteiger partial charge in [0.25, 0.3) is 0 Å². The molecule has 0 radical (unpaired) electrons. The molecule has 0 N–H and O–H groups in total. The van der Waals surface area contributed by atoms with Crippen LogP contribution in [0.5, 0.6) is 5.75 Å². The highest BCUT2D eigenvalue weighted by atomic mass is 31.2. The van der Waals surface area contributed by atoms with Crippen LogP contribution in [0.2, 0.25) is 0 Å². The molecule has 0 aliphatic rings. The van der Waals surface area contributed by atoms with E-state index in [1.165, 1.54) is 19.3 Å². The third-order valence-corrected chi connectivity index (χ3v) is 7.77. The van der Waals surface area contributed by atoms with Gasteiger partial charge >= 0.3 is 7.60 Å². The molecule has 2 aromatic rings. The highest BCUT2D eigenvalue weighted by molar-refractivity contribution is 7.53. The van der Waals surface area contributed by atoms with Crippen molar-refractivity contribution in [2.24, 2.45) is 11.8 Å². The summed E-state index contributed by atoms with van der Waals surface area (Å²) in [5, 5.41) is 0. The van der Waals surface area contributed by atoms with Crippen LogP contribution >= 0.6 is 7.60 Å². The molecule has 2 aromatic carbocycles. The molecule has 34 heavy (non-hydrogen) atoms. The van der Waals surface area contributed by atoms with Crippen molar-refractivity contribution in [2.45, 2.75) is 66.5 Å². The summed E-state index contributed by atoms with van der Waals surface area (Å²) >= 11 is 0. The third-order valence-electron chi connectivity index (χ3n) is 5.71. The molecule has 0 spiro atoms. The van der Waals surface area contributed by atoms with E-state index in [0.717, 1.165) is 41.4 Å². The predicted molar refractivity (Wildman–Crippen MR) is 144 cm³/mol. The Bertz CT molecular complexity index is 877. The Morgan fingerprint density at radius 2 is 1.35 bits per heavy atom. The fraction of sp³-hybridized carbons (Fsp3) is 0.517. The number of hydrogen-bond donors (Lipinski definition) is 0. The maximum atomic E-state index is 12.7. The number of rotatable bonds is 16. The van der Waals surface area contributed by atoms with Gasteiger partial charge in [0, 0.05) is 0 Å². The fourth-order valence-electron chi connectivity index (χ4n) is 3.74. The average molecular weight is 487 g/mol. The van der Waals surface area contributed by atoms with Gasteiger partial charge in [-0.3, -0.25) is 4.57 Å². The molecule has 0 aliphatic carbocycles. The summed E-state index contributed by atoms with van der Waals surface area (Å²) in [5.41, 5.74) is 3.15. The van der Waals surface area contributed by atoms with E-state index in [0.29, 0.717) is 19.1 Å². The van der Waals surface area contributed by atoms with Crippen LogP contribution in [0.4, 0.5) is 0 Å². The summed E-state index contributed by atoms with van der Waals surface area (Å²) in [4.78, 5) is 0. The predicted octanol–water partition coefficient (Wildman–Crippen LogP) is 8.85. The second-order valence-corrected chi connectivity index (χ2v) is 11.4. The van der Waals surface area contributed by atoms with Gasteiger partial charge in [-0.25, -0.2) is 0 Å². The summed E-state index contributed by atoms with van der Waals surface area (Å²) in [6.45, 7) is 12.1. The molecule has 0 aliphatic heterocycles. The van der Waals surface area contributed by atoms with E-state index in [2.05, 4.69) is 45.1 Å². The lowest BCUT2D eigenvalue weighted by Crippen LogP contribution is -2.04. The quantitative estimate of drug-likeness (QED) is 0.176. The van der Waals surface area contributed by atoms with E-state index < -0.39 is 7.60 Å². The maximum absolute atomic E-state index is 12.7. The van der Waals surface area contributed by atoms with Crippen LogP contribution in [0.25, 0.3) is 12.2 Å². The molecular weight excluding hydrogens is 443 g/mol. The minimum Gasteiger partial charge on any atom is -0.494 e. The minimum absolute atomic E-state index is 0.289. The Hall–Kier alpha value is -1.87. The van der Waals surface area contributed by atoms with Crippen LogP contribution < -0.4 is 4.74 Å². The Balaban J connectivity index is 1.81. The molecule has 0 heterocycles. The maximum Gasteiger partial charge on any atom is 0.335 e. The van der Waals surface area contributed by atoms with Gasteiger partial charge in [-0.15, -0.1) is 0 Å². The molecule has 5 heteroatoms. The summed E-state index contributed by atoms with van der Waals surface area (Å²) in [5.74, 6) is 2.42. The molecule has 188 valence electrons. The van der Waals surface area contributed by atoms with Crippen LogP contribution in [0.3, 0.4) is 0 Å². The van der Waals surface area contributed by atoms with Crippen molar-refractivity contribution in [3.63, 3.8) is 0 Å². The summed E-state index contributed by atoms with van der Waals surface area (Å²) < 4.78 is 29.4. The van der Waals surface area contributed by atoms with Gasteiger partial charge in [-0.2, -0.15) is 0 Å². The molecule has 1 atom stereocenters. The van der Waals surface area contributed by atoms with Crippen LogP contribution in [0.15, 0.2) is 48.5 Å². The lowest BCUT2D eigenvalue weighted by Gasteiger charge is -2.16. The van der Waals surface area contributed by atoms with Gasteiger partial charge in [0.15, 0.2) is 0 Å². The first-order chi connectivity index (χ1) is 16.3. The first-order valence-corrected chi connectivity index (χ1v) is 14.4. The Labute approximate surface area is 207 Å². The first-order valence-electron chi connectivity index (χ1n) is 12.7. The Morgan fingerprint density at radius 3 is 1.88 bits per heavy atom. The van der Waals surface area contributed by atoms with Gasteiger partial charge in [0.1, 0.15) is 5.75 Å². The SMILES string of the molecule is CCOP(=O)(Cc1ccc(/C=C\c2ccc(OCC[C@@H](C)CCCC(C)C)cc2)cc1)OCC. The molecule has 0 fully saturated rings. The van der Waals surface area contributed by atoms with E-state index in [1.807, 2.05) is 50.2 Å². The average Bonchev–Trinajstić information content (AvgIpc) is 2.79. The van der Waals surface area contributed by atoms with E-state index in [4.69, 9.17) is 13.8 Å². The normalized spacial score (nSPS) is 13.0. The van der Waals surface area contributed by atoms with Crippen molar-refractivity contribution in [2.75, 3.05) is 19.8 Å². The Kier molecular flexibility index (Phi) is 12.7. The molecule has 0 bridgehead atoms. The summed E-state index contributed by atoms with van der Waals surface area (Å²) in [6, 6.07) is 16.2. The lowest BCUT2D eigenvalue weighted by molar-refractivity contribution is 0.219. The van der Waals surface area contributed by atoms with Crippen molar-refractivity contribution < 1.29 is 18.3 Å². The van der Waals surface area contributed by atoms with Crippen molar-refractivity contribution >= 4 is 19.7 Å². The monoisotopic (exact) mass is 486 g/mol. The van der Waals surface area contributed by atoms with Crippen LogP contribution in [0.1, 0.15) is 77.0 Å². The lowest BCUT2D eigenvalue weighted by atomic mass is 9.98. The zero-order valence-electron chi connectivity index (χ0n) is 21.7. The highest BCUT2D eigenvalue weighted by Gasteiger charge is 2.23. The van der Waals surface area contributed by atoms with Crippen molar-refractivity contribution in [1.29, 1.82) is 0 Å². The smallest absolute Gasteiger partial charge is 0.335 e. The zero-order valence-corrected chi connectivity index (χ0v) is 22.6. The number of benzene rings is 2. The molecule has 0 saturated heterocycles. The van der Waals surface area contributed by atoms with E-state index in [9.17, 15) is 4.57 Å². The van der Waals surface area contributed by atoms with Crippen molar-refractivity contribution in [3.05, 3.63) is 65.2 Å². The fourth-order valence-corrected chi connectivity index (χ4v) is 5.45. The number of hydrogen-bond acceptors (Lipinski definition) is 4. The molecule has 0 amide bonds. The molecule has 2 rings (SSSR count). The molecule has 0 unspecified atom stereocenters. The topological polar surface area (TPSA) is 44.8 Å². The second-order valence-electron chi connectivity index (χ2n) is 9.32. The van der Waals surface area contributed by atoms with Gasteiger partial charge in [0.2, 0.25) is 0 Å². The third kappa shape index (κ3) is 11.0. The van der Waals surface area contributed by atoms with Gasteiger partial charge < -0.3 is 13.8 Å². The van der Waals surface area contributed by atoms with Gasteiger partial charge in [-0.1, -0.05) is 88.6 Å². The van der Waals surface area contributed by atoms with Crippen LogP contribution in [-0.4, -0.2) is 19.8 Å². The molecule has 4 nitrogen and oxygen atoms in total. The van der Waals surface area contributed by atoms with Crippen LogP contribution in [-0.2, 0) is 19.8 Å². The minimum atomic E-state index is -3.08. The Morgan fingerprint density at radius 1 is 0.794 bits per heavy atom. The standard InChI is InChI=1S/C29H43O4P/c1-6-32-34(30,33-7-2)23-28-15-13-26(14-16-28)11-12-27-17-19-29(20-18-27)31-22-21-25(5)10-8-9-24(3)4/h11-20,24-25H,6-10,21-23H2,1-5H3/b12-11-/t25-/m0/s1. The summed E-state index contributed by atoms with van der Waals surface area (Å²) in [7, 11) is -3.08. The van der Waals surface area contributed by atoms with Gasteiger partial charge in [0.05, 0.1) is 26.0 Å². The first kappa shape index (κ1) is 28.4. The zero-order chi connectivity index (χ0) is 24.8. The number of ether oxygens (including phenoxy) is 1. The van der Waals surface area contributed by atoms with E-state index in [1.54, 1.807) is 0 Å². The highest BCUT2D eigenvalue weighted by Crippen LogP contribution is 2.51. The molecule has 0 saturated carbocycles. The second kappa shape index (κ2) is 15.2. The van der Waals surface area contributed by atoms with E-state index in [-0.39, 0.29) is 6.16 Å². The van der Waals surface area contributed by atoms with Gasteiger partial charge in [-0.05, 0) is 60.9 Å². The van der Waals surface area contributed by atoms with E-state index >= 15 is 0 Å². The van der Waals surface area contributed by atoms with Crippen molar-refractivity contribution in [3.8, 4) is 5.75 Å². The van der Waals surface area contributed by atoms with Crippen molar-refractivity contribution in [1.82, 2.24) is 0 Å². The molecule has 0 aromatic heterocycles. The largest absolute Gasteiger partial charge is 0.494 e. The molecular formula is C29H43O4P.